The van der Waals surface area contributed by atoms with Gasteiger partial charge in [0.15, 0.2) is 0 Å². The molecule has 3 nitrogen and oxygen atoms in total. The Morgan fingerprint density at radius 3 is 2.88 bits per heavy atom. The Morgan fingerprint density at radius 1 is 1.50 bits per heavy atom. The van der Waals surface area contributed by atoms with Crippen molar-refractivity contribution in [2.24, 2.45) is 0 Å². The summed E-state index contributed by atoms with van der Waals surface area (Å²) in [7, 11) is 0. The molecule has 2 aromatic rings. The lowest BCUT2D eigenvalue weighted by atomic mass is 10.1. The molecular weight excluding hydrogens is 222 g/mol. The van der Waals surface area contributed by atoms with Gasteiger partial charge in [-0.1, -0.05) is 17.4 Å². The normalized spacial score (nSPS) is 10.9. The first-order valence-corrected chi connectivity index (χ1v) is 6.05. The maximum atomic E-state index is 10.5. The molecule has 0 fully saturated rings. The van der Waals surface area contributed by atoms with Gasteiger partial charge in [0.1, 0.15) is 11.2 Å². The summed E-state index contributed by atoms with van der Waals surface area (Å²) in [6.07, 6.45) is -0.0193. The zero-order valence-corrected chi connectivity index (χ0v) is 10.1. The van der Waals surface area contributed by atoms with E-state index in [9.17, 15) is 9.90 Å². The second-order valence-corrected chi connectivity index (χ2v) is 4.95. The first-order chi connectivity index (χ1) is 7.61. The summed E-state index contributed by atoms with van der Waals surface area (Å²) in [6.45, 7) is 5.07. The average Bonchev–Trinajstić information content (AvgIpc) is 2.52. The quantitative estimate of drug-likeness (QED) is 0.739. The van der Waals surface area contributed by atoms with Crippen LogP contribution in [0.2, 0.25) is 0 Å². The van der Waals surface area contributed by atoms with Crippen LogP contribution < -0.4 is 9.67 Å². The van der Waals surface area contributed by atoms with Crippen molar-refractivity contribution in [3.63, 3.8) is 0 Å². The zero-order valence-electron chi connectivity index (χ0n) is 9.32. The average molecular weight is 235 g/mol. The van der Waals surface area contributed by atoms with E-state index in [0.29, 0.717) is 0 Å². The summed E-state index contributed by atoms with van der Waals surface area (Å²) < 4.78 is 3.39. The minimum Gasteiger partial charge on any atom is -0.550 e. The number of nitrogens with zero attached hydrogens (tertiary/aromatic N) is 1. The van der Waals surface area contributed by atoms with Gasteiger partial charge in [0.25, 0.3) is 0 Å². The van der Waals surface area contributed by atoms with Crippen molar-refractivity contribution in [2.75, 3.05) is 0 Å². The fraction of sp³-hybridized carbons (Fsp3) is 0.333. The van der Waals surface area contributed by atoms with Gasteiger partial charge >= 0.3 is 0 Å². The summed E-state index contributed by atoms with van der Waals surface area (Å²) in [5.74, 6) is -1.03. The van der Waals surface area contributed by atoms with Crippen LogP contribution in [0, 0.1) is 6.92 Å². The second kappa shape index (κ2) is 4.22. The van der Waals surface area contributed by atoms with E-state index < -0.39 is 5.97 Å². The molecule has 2 rings (SSSR count). The molecule has 1 aromatic carbocycles. The van der Waals surface area contributed by atoms with Crippen LogP contribution in [0.1, 0.15) is 17.5 Å². The molecule has 0 unspecified atom stereocenters. The summed E-state index contributed by atoms with van der Waals surface area (Å²) in [6, 6.07) is 5.78. The monoisotopic (exact) mass is 235 g/mol. The van der Waals surface area contributed by atoms with Crippen LogP contribution in [0.3, 0.4) is 0 Å². The van der Waals surface area contributed by atoms with E-state index >= 15 is 0 Å². The molecule has 4 heteroatoms. The first kappa shape index (κ1) is 11.1. The predicted octanol–water partition coefficient (Wildman–Crippen LogP) is 0.810. The number of aryl methyl sites for hydroxylation is 2. The zero-order chi connectivity index (χ0) is 11.7. The van der Waals surface area contributed by atoms with Gasteiger partial charge in [0.2, 0.25) is 10.5 Å². The van der Waals surface area contributed by atoms with Crippen molar-refractivity contribution in [1.29, 1.82) is 0 Å². The molecule has 1 heterocycles. The molecule has 0 amide bonds. The smallest absolute Gasteiger partial charge is 0.235 e. The van der Waals surface area contributed by atoms with Gasteiger partial charge in [-0.25, -0.2) is 0 Å². The van der Waals surface area contributed by atoms with Crippen LogP contribution in [0.25, 0.3) is 10.2 Å². The maximum Gasteiger partial charge on any atom is 0.235 e. The van der Waals surface area contributed by atoms with Crippen molar-refractivity contribution >= 4 is 27.5 Å². The van der Waals surface area contributed by atoms with E-state index in [4.69, 9.17) is 0 Å². The lowest BCUT2D eigenvalue weighted by Crippen LogP contribution is -2.33. The molecule has 0 aliphatic rings. The third-order valence-electron chi connectivity index (χ3n) is 2.62. The number of carbonyl (C=O) groups is 1. The number of carboxylic acids is 1. The first-order valence-electron chi connectivity index (χ1n) is 5.23. The van der Waals surface area contributed by atoms with Gasteiger partial charge in [0, 0.05) is 25.4 Å². The summed E-state index contributed by atoms with van der Waals surface area (Å²) in [4.78, 5) is 10.5. The van der Waals surface area contributed by atoms with E-state index in [1.165, 1.54) is 9.71 Å². The molecule has 0 saturated carbocycles. The number of fused-ring (bicyclic) bond motifs is 1. The molecule has 0 spiro atoms. The third-order valence-corrected chi connectivity index (χ3v) is 3.70. The molecule has 0 radical (unpaired) electrons. The van der Waals surface area contributed by atoms with E-state index in [2.05, 4.69) is 18.4 Å². The highest BCUT2D eigenvalue weighted by Crippen LogP contribution is 2.21. The fourth-order valence-corrected chi connectivity index (χ4v) is 2.98. The lowest BCUT2D eigenvalue weighted by molar-refractivity contribution is -0.669. The third kappa shape index (κ3) is 1.93. The van der Waals surface area contributed by atoms with Gasteiger partial charge in [-0.05, 0) is 18.6 Å². The SMILES string of the molecule is CC[n+]1c(C)sc2ccc(CC(=O)[O-])cc21. The van der Waals surface area contributed by atoms with Gasteiger partial charge in [0.05, 0.1) is 0 Å². The van der Waals surface area contributed by atoms with Gasteiger partial charge in [-0.3, -0.25) is 0 Å². The number of thiazole rings is 1. The van der Waals surface area contributed by atoms with Crippen LogP contribution in [0.4, 0.5) is 0 Å². The Kier molecular flexibility index (Phi) is 2.92. The summed E-state index contributed by atoms with van der Waals surface area (Å²) in [5.41, 5.74) is 1.91. The Bertz CT molecular complexity index is 545. The molecular formula is C12H13NO2S. The summed E-state index contributed by atoms with van der Waals surface area (Å²) >= 11 is 1.73. The van der Waals surface area contributed by atoms with Crippen LogP contribution in [-0.2, 0) is 17.8 Å². The molecule has 0 N–H and O–H groups in total. The van der Waals surface area contributed by atoms with Crippen LogP contribution in [0.15, 0.2) is 18.2 Å². The largest absolute Gasteiger partial charge is 0.550 e. The van der Waals surface area contributed by atoms with E-state index in [-0.39, 0.29) is 6.42 Å². The van der Waals surface area contributed by atoms with Crippen molar-refractivity contribution < 1.29 is 14.5 Å². The lowest BCUT2D eigenvalue weighted by Gasteiger charge is -2.00. The van der Waals surface area contributed by atoms with Crippen molar-refractivity contribution in [3.8, 4) is 0 Å². The Balaban J connectivity index is 2.54. The Morgan fingerprint density at radius 2 is 2.25 bits per heavy atom. The van der Waals surface area contributed by atoms with E-state index in [0.717, 1.165) is 17.6 Å². The minimum atomic E-state index is -1.03. The standard InChI is InChI=1S/C12H13NO2S/c1-3-13-8(2)16-11-5-4-9(6-10(11)13)7-12(14)15/h4-6H,3,7H2,1-2H3. The molecule has 84 valence electrons. The Labute approximate surface area is 98.0 Å². The van der Waals surface area contributed by atoms with E-state index in [1.807, 2.05) is 18.2 Å². The van der Waals surface area contributed by atoms with Gasteiger partial charge in [-0.2, -0.15) is 4.57 Å². The predicted molar refractivity (Wildman–Crippen MR) is 61.1 cm³/mol. The van der Waals surface area contributed by atoms with Crippen LogP contribution >= 0.6 is 11.3 Å². The maximum absolute atomic E-state index is 10.5. The molecule has 0 atom stereocenters. The highest BCUT2D eigenvalue weighted by molar-refractivity contribution is 7.18. The topological polar surface area (TPSA) is 44.0 Å². The number of aromatic nitrogens is 1. The number of carbonyl (C=O) groups excluding carboxylic acids is 1. The number of hydrogen-bond donors (Lipinski definition) is 0. The molecule has 0 aliphatic carbocycles. The van der Waals surface area contributed by atoms with Gasteiger partial charge in [-0.15, -0.1) is 0 Å². The number of rotatable bonds is 3. The Hall–Kier alpha value is -1.42. The fourth-order valence-electron chi connectivity index (χ4n) is 1.91. The molecule has 1 aromatic heterocycles. The molecule has 0 aliphatic heterocycles. The van der Waals surface area contributed by atoms with Crippen LogP contribution in [-0.4, -0.2) is 5.97 Å². The van der Waals surface area contributed by atoms with Gasteiger partial charge < -0.3 is 9.90 Å². The van der Waals surface area contributed by atoms with Crippen molar-refractivity contribution in [2.45, 2.75) is 26.8 Å². The van der Waals surface area contributed by atoms with Crippen molar-refractivity contribution in [1.82, 2.24) is 0 Å². The van der Waals surface area contributed by atoms with E-state index in [1.54, 1.807) is 11.3 Å². The number of aliphatic carboxylic acids is 1. The highest BCUT2D eigenvalue weighted by atomic mass is 32.1. The molecule has 16 heavy (non-hydrogen) atoms. The number of hydrogen-bond acceptors (Lipinski definition) is 3. The minimum absolute atomic E-state index is 0.0193. The number of carboxylic acid groups (broad SMARTS) is 1. The second-order valence-electron chi connectivity index (χ2n) is 3.72. The van der Waals surface area contributed by atoms with Crippen LogP contribution in [0.5, 0.6) is 0 Å². The summed E-state index contributed by atoms with van der Waals surface area (Å²) in [5, 5.41) is 11.8. The number of benzene rings is 1. The highest BCUT2D eigenvalue weighted by Gasteiger charge is 2.15. The molecule has 0 bridgehead atoms. The molecule has 0 saturated heterocycles. The van der Waals surface area contributed by atoms with Crippen molar-refractivity contribution in [3.05, 3.63) is 28.8 Å².